The van der Waals surface area contributed by atoms with Crippen LogP contribution in [0.2, 0.25) is 0 Å². The molecule has 444 valence electrons. The normalized spacial score (nSPS) is 18.7. The molecule has 80 heavy (non-hydrogen) atoms. The van der Waals surface area contributed by atoms with Crippen LogP contribution in [0, 0.1) is 29.6 Å². The summed E-state index contributed by atoms with van der Waals surface area (Å²) in [5.41, 5.74) is 8.12. The largest absolute Gasteiger partial charge is 0.480 e. The first-order valence-corrected chi connectivity index (χ1v) is 29.4. The molecule has 4 rings (SSSR count). The third-order valence-electron chi connectivity index (χ3n) is 15.7. The van der Waals surface area contributed by atoms with Crippen LogP contribution in [0.5, 0.6) is 0 Å². The molecule has 2 saturated heterocycles. The third-order valence-corrected chi connectivity index (χ3v) is 15.7. The average Bonchev–Trinajstić information content (AvgIpc) is 4.16. The van der Waals surface area contributed by atoms with Crippen molar-refractivity contribution < 1.29 is 48.3 Å². The van der Waals surface area contributed by atoms with Crippen LogP contribution in [0.15, 0.2) is 60.7 Å². The molecule has 0 aliphatic carbocycles. The number of carboxylic acid groups (broad SMARTS) is 1. The van der Waals surface area contributed by atoms with Gasteiger partial charge in [-0.3, -0.25) is 38.4 Å². The first kappa shape index (κ1) is 66.1. The summed E-state index contributed by atoms with van der Waals surface area (Å²) in [6.45, 7) is 19.3. The van der Waals surface area contributed by atoms with Crippen LogP contribution in [0.3, 0.4) is 0 Å². The number of rotatable bonds is 32. The van der Waals surface area contributed by atoms with Crippen LogP contribution in [0.1, 0.15) is 157 Å². The average molecular weight is 1110 g/mol. The summed E-state index contributed by atoms with van der Waals surface area (Å²) in [4.78, 5) is 127. The Morgan fingerprint density at radius 2 is 1.05 bits per heavy atom. The Hall–Kier alpha value is -6.37. The Morgan fingerprint density at radius 1 is 0.562 bits per heavy atom. The number of nitrogens with zero attached hydrogens (tertiary/aromatic N) is 2. The highest BCUT2D eigenvalue weighted by molar-refractivity contribution is 5.97. The standard InChI is InChI=1S/C61H95N9O10/c1-11-40(9)52(62)57(75)68-54(41(10)12-2)58(76)66-46(33-37(3)4)55(73)67-53(39(7)8)60(78)70-32-20-26-49(70)59(77)69-31-19-25-48(69)56(74)64-45(36-43-23-17-14-18-24-43)28-29-50(71)63-44(35-42-21-15-13-16-22-42)27-30-51(72)65-47(61(79)80)34-38(5)6/h13-18,21-24,37-41,44-49,52-54H,11-12,19-20,25-36,62H2,1-10H3,(H,63,71)(H,64,74)(H,65,72)(H,66,76)(H,67,73)(H,68,75)(H,79,80)/t40-,41-,44+,45-,46-,47-,48-,49-,52-,53-,54-/m0/s1. The van der Waals surface area contributed by atoms with Crippen molar-refractivity contribution >= 4 is 53.2 Å². The number of hydrogen-bond acceptors (Lipinski definition) is 10. The molecule has 2 aliphatic heterocycles. The van der Waals surface area contributed by atoms with Gasteiger partial charge in [-0.25, -0.2) is 4.79 Å². The number of nitrogens with two attached hydrogens (primary N) is 1. The Morgan fingerprint density at radius 3 is 1.56 bits per heavy atom. The molecule has 8 amide bonds. The fraction of sp³-hybridized carbons (Fsp3) is 0.656. The zero-order valence-corrected chi connectivity index (χ0v) is 49.3. The Bertz CT molecular complexity index is 2350. The molecule has 0 unspecified atom stereocenters. The van der Waals surface area contributed by atoms with Gasteiger partial charge in [0.05, 0.1) is 6.04 Å². The van der Waals surface area contributed by atoms with Crippen LogP contribution in [0.25, 0.3) is 0 Å². The molecule has 2 aliphatic rings. The molecule has 0 spiro atoms. The van der Waals surface area contributed by atoms with Gasteiger partial charge in [0.15, 0.2) is 0 Å². The molecule has 2 fully saturated rings. The second kappa shape index (κ2) is 32.8. The zero-order valence-electron chi connectivity index (χ0n) is 49.3. The highest BCUT2D eigenvalue weighted by Crippen LogP contribution is 2.27. The van der Waals surface area contributed by atoms with Gasteiger partial charge in [0.1, 0.15) is 36.3 Å². The van der Waals surface area contributed by atoms with Crippen LogP contribution < -0.4 is 37.6 Å². The lowest BCUT2D eigenvalue weighted by Gasteiger charge is -2.35. The van der Waals surface area contributed by atoms with Crippen molar-refractivity contribution in [2.75, 3.05) is 13.1 Å². The third kappa shape index (κ3) is 20.6. The fourth-order valence-electron chi connectivity index (χ4n) is 10.6. The number of carbonyl (C=O) groups excluding carboxylic acids is 8. The van der Waals surface area contributed by atoms with Crippen molar-refractivity contribution in [2.45, 2.75) is 214 Å². The smallest absolute Gasteiger partial charge is 0.326 e. The molecule has 0 aromatic heterocycles. The molecular weight excluding hydrogens is 1020 g/mol. The summed E-state index contributed by atoms with van der Waals surface area (Å²) < 4.78 is 0. The summed E-state index contributed by atoms with van der Waals surface area (Å²) >= 11 is 0. The summed E-state index contributed by atoms with van der Waals surface area (Å²) in [7, 11) is 0. The number of amides is 8. The van der Waals surface area contributed by atoms with Crippen LogP contribution in [-0.2, 0) is 56.0 Å². The number of likely N-dealkylation sites (tertiary alicyclic amines) is 2. The predicted octanol–water partition coefficient (Wildman–Crippen LogP) is 5.18. The summed E-state index contributed by atoms with van der Waals surface area (Å²) in [6, 6.07) is 11.6. The molecule has 11 atom stereocenters. The molecule has 0 radical (unpaired) electrons. The molecule has 19 heteroatoms. The lowest BCUT2D eigenvalue weighted by Crippen LogP contribution is -2.61. The molecule has 0 bridgehead atoms. The van der Waals surface area contributed by atoms with E-state index < -0.39 is 95.8 Å². The minimum atomic E-state index is -1.10. The van der Waals surface area contributed by atoms with Crippen LogP contribution >= 0.6 is 0 Å². The Balaban J connectivity index is 1.46. The van der Waals surface area contributed by atoms with E-state index in [2.05, 4.69) is 31.9 Å². The minimum absolute atomic E-state index is 0.00294. The Kier molecular flexibility index (Phi) is 27.1. The molecule has 2 aromatic carbocycles. The maximum Gasteiger partial charge on any atom is 0.326 e. The van der Waals surface area contributed by atoms with Crippen molar-refractivity contribution in [3.8, 4) is 0 Å². The molecule has 0 saturated carbocycles. The van der Waals surface area contributed by atoms with Crippen LogP contribution in [-0.4, -0.2) is 136 Å². The second-order valence-electron chi connectivity index (χ2n) is 23.6. The van der Waals surface area contributed by atoms with E-state index >= 15 is 0 Å². The predicted molar refractivity (Wildman–Crippen MR) is 308 cm³/mol. The van der Waals surface area contributed by atoms with E-state index in [9.17, 15) is 48.3 Å². The van der Waals surface area contributed by atoms with Gasteiger partial charge >= 0.3 is 5.97 Å². The van der Waals surface area contributed by atoms with Crippen molar-refractivity contribution in [2.24, 2.45) is 35.3 Å². The monoisotopic (exact) mass is 1110 g/mol. The van der Waals surface area contributed by atoms with Gasteiger partial charge in [-0.05, 0) is 105 Å². The lowest BCUT2D eigenvalue weighted by molar-refractivity contribution is -0.148. The summed E-state index contributed by atoms with van der Waals surface area (Å²) in [5.74, 6) is -5.27. The number of nitrogens with one attached hydrogen (secondary N) is 6. The highest BCUT2D eigenvalue weighted by atomic mass is 16.4. The Labute approximate surface area is 475 Å². The van der Waals surface area contributed by atoms with E-state index in [1.54, 1.807) is 18.7 Å². The number of carboxylic acids is 1. The highest BCUT2D eigenvalue weighted by Gasteiger charge is 2.45. The fourth-order valence-corrected chi connectivity index (χ4v) is 10.6. The first-order chi connectivity index (χ1) is 37.9. The van der Waals surface area contributed by atoms with Gasteiger partial charge in [-0.1, -0.05) is 143 Å². The molecule has 9 N–H and O–H groups in total. The summed E-state index contributed by atoms with van der Waals surface area (Å²) in [5, 5.41) is 27.2. The van der Waals surface area contributed by atoms with E-state index in [-0.39, 0.29) is 86.5 Å². The van der Waals surface area contributed by atoms with E-state index in [0.717, 1.165) is 11.1 Å². The molecule has 2 aromatic rings. The van der Waals surface area contributed by atoms with Crippen molar-refractivity contribution in [1.82, 2.24) is 41.7 Å². The maximum absolute atomic E-state index is 14.7. The van der Waals surface area contributed by atoms with Crippen molar-refractivity contribution in [1.29, 1.82) is 0 Å². The van der Waals surface area contributed by atoms with Crippen LogP contribution in [0.4, 0.5) is 0 Å². The number of benzene rings is 2. The maximum atomic E-state index is 14.7. The van der Waals surface area contributed by atoms with Gasteiger partial charge in [0.2, 0.25) is 47.3 Å². The molecule has 19 nitrogen and oxygen atoms in total. The van der Waals surface area contributed by atoms with E-state index in [1.807, 2.05) is 116 Å². The SMILES string of the molecule is CC[C@H](C)[C@H](N)C(=O)N[C@H](C(=O)N[C@@H](CC(C)C)C(=O)N[C@H](C(=O)N1CCC[C@H]1C(=O)N1CCC[C@H]1C(=O)N[C@@H](CCC(=O)N[C@H](CCC(=O)N[C@@H](CC(C)C)C(=O)O)Cc1ccccc1)Cc1ccccc1)C(C)C)[C@@H](C)CC. The van der Waals surface area contributed by atoms with Crippen molar-refractivity contribution in [3.05, 3.63) is 71.8 Å². The van der Waals surface area contributed by atoms with Gasteiger partial charge in [0, 0.05) is 38.0 Å². The van der Waals surface area contributed by atoms with Crippen molar-refractivity contribution in [3.63, 3.8) is 0 Å². The topological polar surface area (TPSA) is 279 Å². The lowest BCUT2D eigenvalue weighted by atomic mass is 9.94. The van der Waals surface area contributed by atoms with Gasteiger partial charge in [-0.15, -0.1) is 0 Å². The number of aliphatic carboxylic acids is 1. The molecule has 2 heterocycles. The number of carbonyl (C=O) groups is 9. The number of hydrogen-bond donors (Lipinski definition) is 8. The van der Waals surface area contributed by atoms with E-state index in [1.165, 1.54) is 4.90 Å². The summed E-state index contributed by atoms with van der Waals surface area (Å²) in [6.07, 6.45) is 5.07. The van der Waals surface area contributed by atoms with E-state index in [4.69, 9.17) is 5.73 Å². The van der Waals surface area contributed by atoms with Gasteiger partial charge < -0.3 is 52.5 Å². The second-order valence-corrected chi connectivity index (χ2v) is 23.6. The molecular formula is C61H95N9O10. The zero-order chi connectivity index (χ0) is 59.2. The van der Waals surface area contributed by atoms with Gasteiger partial charge in [-0.2, -0.15) is 0 Å². The van der Waals surface area contributed by atoms with Gasteiger partial charge in [0.25, 0.3) is 0 Å². The first-order valence-electron chi connectivity index (χ1n) is 29.4. The van der Waals surface area contributed by atoms with E-state index in [0.29, 0.717) is 57.9 Å². The quantitative estimate of drug-likeness (QED) is 0.0473. The minimum Gasteiger partial charge on any atom is -0.480 e.